The Balaban J connectivity index is 2.74. The summed E-state index contributed by atoms with van der Waals surface area (Å²) in [7, 11) is 0. The summed E-state index contributed by atoms with van der Waals surface area (Å²) >= 11 is 3.12. The van der Waals surface area contributed by atoms with E-state index in [2.05, 4.69) is 20.9 Å². The minimum Gasteiger partial charge on any atom is -0.265 e. The van der Waals surface area contributed by atoms with Crippen LogP contribution in [0.2, 0.25) is 0 Å². The van der Waals surface area contributed by atoms with Crippen LogP contribution in [0.5, 0.6) is 0 Å². The lowest BCUT2D eigenvalue weighted by atomic mass is 10.5. The second kappa shape index (κ2) is 2.45. The first-order valence-electron chi connectivity index (χ1n) is 2.30. The van der Waals surface area contributed by atoms with E-state index in [-0.39, 0.29) is 0 Å². The van der Waals surface area contributed by atoms with Gasteiger partial charge in [0.05, 0.1) is 6.54 Å². The zero-order chi connectivity index (χ0) is 6.85. The van der Waals surface area contributed by atoms with Crippen molar-refractivity contribution >= 4 is 22.0 Å². The molecule has 0 atom stereocenters. The highest BCUT2D eigenvalue weighted by Gasteiger charge is 2.10. The number of hydrogen-bond acceptors (Lipinski definition) is 3. The van der Waals surface area contributed by atoms with Crippen molar-refractivity contribution in [3.05, 3.63) is 10.7 Å². The summed E-state index contributed by atoms with van der Waals surface area (Å²) in [6, 6.07) is 0. The fraction of sp³-hybridized carbons (Fsp3) is 0.250. The van der Waals surface area contributed by atoms with Crippen LogP contribution in [-0.2, 0) is 0 Å². The summed E-state index contributed by atoms with van der Waals surface area (Å²) in [4.78, 5) is 3.33. The van der Waals surface area contributed by atoms with Gasteiger partial charge in [0.1, 0.15) is 0 Å². The van der Waals surface area contributed by atoms with Crippen molar-refractivity contribution in [3.8, 4) is 0 Å². The molecule has 0 amide bonds. The number of rotatable bonds is 0. The van der Waals surface area contributed by atoms with E-state index in [0.29, 0.717) is 6.54 Å². The van der Waals surface area contributed by atoms with E-state index in [4.69, 9.17) is 5.84 Å². The molecule has 0 saturated carbocycles. The molecule has 0 radical (unpaired) electrons. The molecule has 0 aromatic carbocycles. The molecular formula is C4H5BrFN3. The normalized spacial score (nSPS) is 19.2. The standard InChI is InChI=1S/C4H5BrFN3/c5-3-1-8-4(6)9(7)2-3/h1H,2,7H2. The van der Waals surface area contributed by atoms with Crippen LogP contribution in [0.4, 0.5) is 4.39 Å². The average Bonchev–Trinajstić information content (AvgIpc) is 1.80. The average molecular weight is 194 g/mol. The lowest BCUT2D eigenvalue weighted by molar-refractivity contribution is 0.423. The highest BCUT2D eigenvalue weighted by molar-refractivity contribution is 9.11. The number of nitrogens with two attached hydrogens (primary N) is 1. The van der Waals surface area contributed by atoms with Gasteiger partial charge in [0.15, 0.2) is 0 Å². The molecule has 0 unspecified atom stereocenters. The first-order chi connectivity index (χ1) is 4.20. The SMILES string of the molecule is NN1CC(Br)=CN=C1F. The highest BCUT2D eigenvalue weighted by atomic mass is 79.9. The second-order valence-corrected chi connectivity index (χ2v) is 2.62. The molecule has 9 heavy (non-hydrogen) atoms. The quantitative estimate of drug-likeness (QED) is 0.456. The van der Waals surface area contributed by atoms with E-state index in [1.807, 2.05) is 0 Å². The summed E-state index contributed by atoms with van der Waals surface area (Å²) in [5, 5.41) is 0.921. The van der Waals surface area contributed by atoms with Crippen LogP contribution in [0.1, 0.15) is 0 Å². The lowest BCUT2D eigenvalue weighted by Crippen LogP contribution is -2.37. The molecule has 0 saturated heterocycles. The van der Waals surface area contributed by atoms with Gasteiger partial charge in [0, 0.05) is 10.7 Å². The van der Waals surface area contributed by atoms with E-state index in [1.54, 1.807) is 0 Å². The molecule has 0 aromatic rings. The molecule has 1 aliphatic heterocycles. The Morgan fingerprint density at radius 1 is 1.89 bits per heavy atom. The van der Waals surface area contributed by atoms with Crippen LogP contribution in [0.15, 0.2) is 15.7 Å². The van der Waals surface area contributed by atoms with Gasteiger partial charge in [-0.1, -0.05) is 15.9 Å². The molecule has 0 aliphatic carbocycles. The molecule has 1 heterocycles. The zero-order valence-corrected chi connectivity index (χ0v) is 6.10. The predicted octanol–water partition coefficient (Wildman–Crippen LogP) is 0.738. The molecule has 2 N–H and O–H groups in total. The third-order valence-electron chi connectivity index (χ3n) is 0.870. The molecule has 50 valence electrons. The van der Waals surface area contributed by atoms with Crippen LogP contribution < -0.4 is 5.84 Å². The van der Waals surface area contributed by atoms with Crippen molar-refractivity contribution in [2.45, 2.75) is 0 Å². The van der Waals surface area contributed by atoms with E-state index < -0.39 is 6.09 Å². The summed E-state index contributed by atoms with van der Waals surface area (Å²) < 4.78 is 13.0. The topological polar surface area (TPSA) is 41.6 Å². The Morgan fingerprint density at radius 3 is 3.00 bits per heavy atom. The largest absolute Gasteiger partial charge is 0.299 e. The van der Waals surface area contributed by atoms with Crippen molar-refractivity contribution in [1.29, 1.82) is 0 Å². The van der Waals surface area contributed by atoms with Crippen LogP contribution in [0, 0.1) is 0 Å². The third kappa shape index (κ3) is 1.49. The maximum Gasteiger partial charge on any atom is 0.299 e. The molecule has 1 aliphatic rings. The summed E-state index contributed by atoms with van der Waals surface area (Å²) in [5.41, 5.74) is 0. The van der Waals surface area contributed by atoms with Gasteiger partial charge in [0.2, 0.25) is 0 Å². The van der Waals surface area contributed by atoms with E-state index in [1.165, 1.54) is 6.20 Å². The van der Waals surface area contributed by atoms with Crippen molar-refractivity contribution in [2.24, 2.45) is 10.8 Å². The maximum atomic E-state index is 12.2. The third-order valence-corrected chi connectivity index (χ3v) is 1.33. The van der Waals surface area contributed by atoms with E-state index in [0.717, 1.165) is 9.49 Å². The van der Waals surface area contributed by atoms with Gasteiger partial charge in [-0.25, -0.2) is 10.8 Å². The molecule has 1 rings (SSSR count). The minimum atomic E-state index is -0.654. The summed E-state index contributed by atoms with van der Waals surface area (Å²) in [6.07, 6.45) is 0.733. The number of nitrogens with zero attached hydrogens (tertiary/aromatic N) is 2. The number of halogens is 2. The Kier molecular flexibility index (Phi) is 1.82. The molecule has 0 aromatic heterocycles. The summed E-state index contributed by atoms with van der Waals surface area (Å²) in [6.45, 7) is 0.343. The first-order valence-corrected chi connectivity index (χ1v) is 3.09. The number of aliphatic imine (C=N–C) groups is 1. The number of amidine groups is 1. The van der Waals surface area contributed by atoms with E-state index >= 15 is 0 Å². The molecule has 3 nitrogen and oxygen atoms in total. The fourth-order valence-corrected chi connectivity index (χ4v) is 0.839. The smallest absolute Gasteiger partial charge is 0.265 e. The fourth-order valence-electron chi connectivity index (χ4n) is 0.466. The van der Waals surface area contributed by atoms with Gasteiger partial charge in [-0.3, -0.25) is 5.01 Å². The Labute approximate surface area is 60.1 Å². The zero-order valence-electron chi connectivity index (χ0n) is 4.51. The summed E-state index contributed by atoms with van der Waals surface area (Å²) in [5.74, 6) is 5.13. The van der Waals surface area contributed by atoms with Gasteiger partial charge >= 0.3 is 0 Å². The van der Waals surface area contributed by atoms with Gasteiger partial charge in [-0.05, 0) is 0 Å². The van der Waals surface area contributed by atoms with Crippen molar-refractivity contribution in [2.75, 3.05) is 6.54 Å². The predicted molar refractivity (Wildman–Crippen MR) is 36.4 cm³/mol. The minimum absolute atomic E-state index is 0.343. The Bertz CT molecular complexity index is 177. The molecule has 5 heteroatoms. The van der Waals surface area contributed by atoms with Crippen molar-refractivity contribution in [3.63, 3.8) is 0 Å². The Morgan fingerprint density at radius 2 is 2.56 bits per heavy atom. The molecule has 0 spiro atoms. The maximum absolute atomic E-state index is 12.2. The Hall–Kier alpha value is -0.420. The number of hydrogen-bond donors (Lipinski definition) is 1. The van der Waals surface area contributed by atoms with Gasteiger partial charge in [0.25, 0.3) is 6.09 Å². The van der Waals surface area contributed by atoms with Crippen LogP contribution in [-0.4, -0.2) is 17.6 Å². The lowest BCUT2D eigenvalue weighted by Gasteiger charge is -2.16. The first kappa shape index (κ1) is 6.70. The van der Waals surface area contributed by atoms with Gasteiger partial charge < -0.3 is 0 Å². The van der Waals surface area contributed by atoms with Gasteiger partial charge in [-0.2, -0.15) is 4.39 Å². The van der Waals surface area contributed by atoms with Crippen LogP contribution >= 0.6 is 15.9 Å². The molecular weight excluding hydrogens is 189 g/mol. The second-order valence-electron chi connectivity index (χ2n) is 1.60. The van der Waals surface area contributed by atoms with Crippen LogP contribution in [0.25, 0.3) is 0 Å². The molecule has 0 bridgehead atoms. The van der Waals surface area contributed by atoms with Crippen LogP contribution in [0.3, 0.4) is 0 Å². The number of hydrazine groups is 1. The van der Waals surface area contributed by atoms with Gasteiger partial charge in [-0.15, -0.1) is 0 Å². The van der Waals surface area contributed by atoms with Crippen molar-refractivity contribution < 1.29 is 4.39 Å². The molecule has 0 fully saturated rings. The van der Waals surface area contributed by atoms with Crippen molar-refractivity contribution in [1.82, 2.24) is 5.01 Å². The monoisotopic (exact) mass is 193 g/mol. The van der Waals surface area contributed by atoms with E-state index in [9.17, 15) is 4.39 Å². The highest BCUT2D eigenvalue weighted by Crippen LogP contribution is 2.10.